The second-order valence-corrected chi connectivity index (χ2v) is 8.47. The quantitative estimate of drug-likeness (QED) is 0.609. The van der Waals surface area contributed by atoms with E-state index in [1.165, 1.54) is 24.3 Å². The van der Waals surface area contributed by atoms with Gasteiger partial charge in [0.2, 0.25) is 0 Å². The van der Waals surface area contributed by atoms with E-state index in [1.807, 2.05) is 0 Å². The van der Waals surface area contributed by atoms with Gasteiger partial charge in [0.15, 0.2) is 0 Å². The van der Waals surface area contributed by atoms with Crippen molar-refractivity contribution in [1.82, 2.24) is 9.80 Å². The van der Waals surface area contributed by atoms with Crippen LogP contribution in [0.25, 0.3) is 0 Å². The van der Waals surface area contributed by atoms with Crippen molar-refractivity contribution in [1.29, 1.82) is 0 Å². The van der Waals surface area contributed by atoms with Gasteiger partial charge < -0.3 is 19.3 Å². The average Bonchev–Trinajstić information content (AvgIpc) is 2.82. The van der Waals surface area contributed by atoms with Crippen molar-refractivity contribution in [2.24, 2.45) is 5.92 Å². The standard InChI is InChI=1S/C24H26F4N2O3/c25-21-2-1-3-22(13-21)33-16-17-12-19(18-4-6-20(7-5-18)24(26,27)28)15-30(14-17)23(31)29-8-10-32-11-9-29/h1-7,13,17,19H,8-12,14-16H2. The van der Waals surface area contributed by atoms with Crippen LogP contribution in [0.1, 0.15) is 23.5 Å². The summed E-state index contributed by atoms with van der Waals surface area (Å²) >= 11 is 0. The zero-order valence-corrected chi connectivity index (χ0v) is 18.1. The summed E-state index contributed by atoms with van der Waals surface area (Å²) < 4.78 is 63.5. The van der Waals surface area contributed by atoms with E-state index in [-0.39, 0.29) is 24.5 Å². The van der Waals surface area contributed by atoms with E-state index in [0.717, 1.165) is 17.7 Å². The lowest BCUT2D eigenvalue weighted by atomic mass is 9.84. The number of morpholine rings is 1. The van der Waals surface area contributed by atoms with Crippen LogP contribution in [0.15, 0.2) is 48.5 Å². The molecule has 0 aliphatic carbocycles. The van der Waals surface area contributed by atoms with Gasteiger partial charge in [0.1, 0.15) is 11.6 Å². The molecule has 2 aromatic carbocycles. The van der Waals surface area contributed by atoms with Gasteiger partial charge in [0.05, 0.1) is 25.4 Å². The van der Waals surface area contributed by atoms with Gasteiger partial charge in [-0.2, -0.15) is 13.2 Å². The maximum absolute atomic E-state index is 13.5. The number of amides is 2. The second-order valence-electron chi connectivity index (χ2n) is 8.47. The van der Waals surface area contributed by atoms with Crippen LogP contribution in [0.2, 0.25) is 0 Å². The summed E-state index contributed by atoms with van der Waals surface area (Å²) in [6.07, 6.45) is -3.75. The molecule has 2 amide bonds. The third kappa shape index (κ3) is 5.96. The first-order valence-corrected chi connectivity index (χ1v) is 11.0. The van der Waals surface area contributed by atoms with E-state index in [9.17, 15) is 22.4 Å². The highest BCUT2D eigenvalue weighted by Crippen LogP contribution is 2.34. The predicted octanol–water partition coefficient (Wildman–Crippen LogP) is 4.78. The highest BCUT2D eigenvalue weighted by molar-refractivity contribution is 5.74. The van der Waals surface area contributed by atoms with Crippen molar-refractivity contribution in [2.75, 3.05) is 46.0 Å². The molecule has 178 valence electrons. The summed E-state index contributed by atoms with van der Waals surface area (Å²) in [5.74, 6) is -0.188. The van der Waals surface area contributed by atoms with E-state index >= 15 is 0 Å². The average molecular weight is 466 g/mol. The highest BCUT2D eigenvalue weighted by Gasteiger charge is 2.35. The van der Waals surface area contributed by atoms with Crippen LogP contribution >= 0.6 is 0 Å². The third-order valence-electron chi connectivity index (χ3n) is 6.08. The minimum absolute atomic E-state index is 0.0562. The number of urea groups is 1. The molecule has 2 fully saturated rings. The zero-order valence-electron chi connectivity index (χ0n) is 18.1. The van der Waals surface area contributed by atoms with Gasteiger partial charge in [-0.1, -0.05) is 18.2 Å². The Hall–Kier alpha value is -2.81. The molecule has 9 heteroatoms. The number of nitrogens with zero attached hydrogens (tertiary/aromatic N) is 2. The molecule has 0 spiro atoms. The number of halogens is 4. The molecule has 2 aliphatic heterocycles. The molecule has 2 saturated heterocycles. The summed E-state index contributed by atoms with van der Waals surface area (Å²) in [7, 11) is 0. The van der Waals surface area contributed by atoms with E-state index in [2.05, 4.69) is 0 Å². The van der Waals surface area contributed by atoms with Crippen LogP contribution in [-0.2, 0) is 10.9 Å². The Morgan fingerprint density at radius 3 is 2.42 bits per heavy atom. The molecular weight excluding hydrogens is 440 g/mol. The fourth-order valence-electron chi connectivity index (χ4n) is 4.39. The summed E-state index contributed by atoms with van der Waals surface area (Å²) in [4.78, 5) is 16.6. The van der Waals surface area contributed by atoms with E-state index < -0.39 is 17.6 Å². The van der Waals surface area contributed by atoms with Crippen molar-refractivity contribution < 1.29 is 31.8 Å². The van der Waals surface area contributed by atoms with Crippen molar-refractivity contribution in [2.45, 2.75) is 18.5 Å². The van der Waals surface area contributed by atoms with Crippen LogP contribution in [0.4, 0.5) is 22.4 Å². The molecule has 0 radical (unpaired) electrons. The van der Waals surface area contributed by atoms with Gasteiger partial charge in [-0.25, -0.2) is 9.18 Å². The van der Waals surface area contributed by atoms with Crippen LogP contribution < -0.4 is 4.74 Å². The molecule has 2 heterocycles. The summed E-state index contributed by atoms with van der Waals surface area (Å²) in [6.45, 7) is 3.12. The number of carbonyl (C=O) groups is 1. The summed E-state index contributed by atoms with van der Waals surface area (Å²) in [6, 6.07) is 10.9. The maximum atomic E-state index is 13.5. The first kappa shape index (κ1) is 23.4. The second kappa shape index (κ2) is 9.99. The van der Waals surface area contributed by atoms with Crippen molar-refractivity contribution in [3.8, 4) is 5.75 Å². The lowest BCUT2D eigenvalue weighted by Gasteiger charge is -2.41. The third-order valence-corrected chi connectivity index (χ3v) is 6.08. The van der Waals surface area contributed by atoms with Gasteiger partial charge in [0, 0.05) is 44.1 Å². The molecular formula is C24H26F4N2O3. The van der Waals surface area contributed by atoms with Crippen LogP contribution in [0.3, 0.4) is 0 Å². The first-order chi connectivity index (χ1) is 15.8. The summed E-state index contributed by atoms with van der Waals surface area (Å²) in [5.41, 5.74) is 0.0486. The molecule has 0 saturated carbocycles. The molecule has 0 N–H and O–H groups in total. The molecule has 4 rings (SSSR count). The molecule has 2 unspecified atom stereocenters. The topological polar surface area (TPSA) is 42.0 Å². The number of likely N-dealkylation sites (tertiary alicyclic amines) is 1. The van der Waals surface area contributed by atoms with E-state index in [1.54, 1.807) is 21.9 Å². The fourth-order valence-corrected chi connectivity index (χ4v) is 4.39. The molecule has 2 atom stereocenters. The normalized spacial score (nSPS) is 21.7. The van der Waals surface area contributed by atoms with Crippen LogP contribution in [0.5, 0.6) is 5.75 Å². The number of benzene rings is 2. The Bertz CT molecular complexity index is 945. The monoisotopic (exact) mass is 466 g/mol. The van der Waals surface area contributed by atoms with Crippen molar-refractivity contribution >= 4 is 6.03 Å². The lowest BCUT2D eigenvalue weighted by Crippen LogP contribution is -2.52. The van der Waals surface area contributed by atoms with Gasteiger partial charge in [-0.15, -0.1) is 0 Å². The number of carbonyl (C=O) groups excluding carboxylic acids is 1. The zero-order chi connectivity index (χ0) is 23.4. The lowest BCUT2D eigenvalue weighted by molar-refractivity contribution is -0.137. The van der Waals surface area contributed by atoms with E-state index in [0.29, 0.717) is 51.6 Å². The van der Waals surface area contributed by atoms with Gasteiger partial charge in [-0.3, -0.25) is 0 Å². The maximum Gasteiger partial charge on any atom is 0.416 e. The van der Waals surface area contributed by atoms with Crippen molar-refractivity contribution in [3.63, 3.8) is 0 Å². The van der Waals surface area contributed by atoms with Crippen LogP contribution in [-0.4, -0.2) is 61.8 Å². The Morgan fingerprint density at radius 2 is 1.76 bits per heavy atom. The highest BCUT2D eigenvalue weighted by atomic mass is 19.4. The Morgan fingerprint density at radius 1 is 1.03 bits per heavy atom. The molecule has 5 nitrogen and oxygen atoms in total. The fraction of sp³-hybridized carbons (Fsp3) is 0.458. The number of rotatable bonds is 4. The molecule has 33 heavy (non-hydrogen) atoms. The Balaban J connectivity index is 1.50. The molecule has 0 aromatic heterocycles. The molecule has 2 aromatic rings. The van der Waals surface area contributed by atoms with Crippen LogP contribution in [0, 0.1) is 11.7 Å². The minimum Gasteiger partial charge on any atom is -0.493 e. The van der Waals surface area contributed by atoms with Gasteiger partial charge in [-0.05, 0) is 36.2 Å². The molecule has 0 bridgehead atoms. The summed E-state index contributed by atoms with van der Waals surface area (Å²) in [5, 5.41) is 0. The predicted molar refractivity (Wildman–Crippen MR) is 114 cm³/mol. The largest absolute Gasteiger partial charge is 0.493 e. The van der Waals surface area contributed by atoms with Gasteiger partial charge >= 0.3 is 12.2 Å². The van der Waals surface area contributed by atoms with E-state index in [4.69, 9.17) is 9.47 Å². The number of alkyl halides is 3. The first-order valence-electron chi connectivity index (χ1n) is 11.0. The van der Waals surface area contributed by atoms with Crippen molar-refractivity contribution in [3.05, 3.63) is 65.5 Å². The number of hydrogen-bond acceptors (Lipinski definition) is 3. The molecule has 2 aliphatic rings. The Kier molecular flexibility index (Phi) is 7.07. The number of piperidine rings is 1. The smallest absolute Gasteiger partial charge is 0.416 e. The number of ether oxygens (including phenoxy) is 2. The minimum atomic E-state index is -4.40. The SMILES string of the molecule is O=C(N1CCOCC1)N1CC(COc2cccc(F)c2)CC(c2ccc(C(F)(F)F)cc2)C1. The number of hydrogen-bond donors (Lipinski definition) is 0. The Labute approximate surface area is 189 Å². The van der Waals surface area contributed by atoms with Gasteiger partial charge in [0.25, 0.3) is 0 Å².